The quantitative estimate of drug-likeness (QED) is 0.849. The van der Waals surface area contributed by atoms with Crippen LogP contribution in [0.5, 0.6) is 5.75 Å². The molecule has 21 heavy (non-hydrogen) atoms. The van der Waals surface area contributed by atoms with Crippen LogP contribution >= 0.6 is 0 Å². The predicted octanol–water partition coefficient (Wildman–Crippen LogP) is 3.09. The fraction of sp³-hybridized carbons (Fsp3) is 0.333. The van der Waals surface area contributed by atoms with E-state index >= 15 is 0 Å². The Kier molecular flexibility index (Phi) is 5.64. The molecule has 0 radical (unpaired) electrons. The number of ether oxygens (including phenoxy) is 1. The van der Waals surface area contributed by atoms with Crippen molar-refractivity contribution in [2.24, 2.45) is 5.73 Å². The summed E-state index contributed by atoms with van der Waals surface area (Å²) >= 11 is 0. The Balaban J connectivity index is 1.85. The molecule has 0 saturated heterocycles. The number of nitrogens with two attached hydrogens (primary N) is 1. The molecule has 0 aliphatic heterocycles. The SMILES string of the molecule is COc1cccc(N(C)CC(N)CCc2ccccc2)c1. The number of rotatable bonds is 7. The summed E-state index contributed by atoms with van der Waals surface area (Å²) in [7, 11) is 3.75. The van der Waals surface area contributed by atoms with Crippen LogP contribution in [0, 0.1) is 0 Å². The Bertz CT molecular complexity index is 542. The van der Waals surface area contributed by atoms with Gasteiger partial charge in [-0.2, -0.15) is 0 Å². The van der Waals surface area contributed by atoms with Crippen molar-refractivity contribution in [3.8, 4) is 5.75 Å². The van der Waals surface area contributed by atoms with E-state index in [9.17, 15) is 0 Å². The van der Waals surface area contributed by atoms with E-state index in [2.05, 4.69) is 42.3 Å². The van der Waals surface area contributed by atoms with Crippen LogP contribution in [0.3, 0.4) is 0 Å². The van der Waals surface area contributed by atoms with Gasteiger partial charge in [-0.3, -0.25) is 0 Å². The number of hydrogen-bond donors (Lipinski definition) is 1. The third kappa shape index (κ3) is 4.80. The molecule has 3 heteroatoms. The molecule has 0 heterocycles. The van der Waals surface area contributed by atoms with Gasteiger partial charge in [0.1, 0.15) is 5.75 Å². The van der Waals surface area contributed by atoms with E-state index < -0.39 is 0 Å². The minimum Gasteiger partial charge on any atom is -0.497 e. The molecule has 1 unspecified atom stereocenters. The van der Waals surface area contributed by atoms with Gasteiger partial charge >= 0.3 is 0 Å². The first kappa shape index (κ1) is 15.4. The smallest absolute Gasteiger partial charge is 0.120 e. The Morgan fingerprint density at radius 3 is 2.57 bits per heavy atom. The average Bonchev–Trinajstić information content (AvgIpc) is 2.54. The standard InChI is InChI=1S/C18H24N2O/c1-20(17-9-6-10-18(13-17)21-2)14-16(19)12-11-15-7-4-3-5-8-15/h3-10,13,16H,11-12,14,19H2,1-2H3. The maximum absolute atomic E-state index is 6.26. The molecular formula is C18H24N2O. The molecule has 2 aromatic rings. The zero-order valence-corrected chi connectivity index (χ0v) is 12.8. The summed E-state index contributed by atoms with van der Waals surface area (Å²) < 4.78 is 5.26. The molecule has 2 N–H and O–H groups in total. The van der Waals surface area contributed by atoms with Crippen LogP contribution in [0.2, 0.25) is 0 Å². The fourth-order valence-electron chi connectivity index (χ4n) is 2.39. The summed E-state index contributed by atoms with van der Waals surface area (Å²) in [5.74, 6) is 0.872. The van der Waals surface area contributed by atoms with E-state index in [0.717, 1.165) is 30.8 Å². The number of likely N-dealkylation sites (N-methyl/N-ethyl adjacent to an activating group) is 1. The first-order valence-electron chi connectivity index (χ1n) is 7.33. The van der Waals surface area contributed by atoms with E-state index in [0.29, 0.717) is 0 Å². The van der Waals surface area contributed by atoms with E-state index in [1.165, 1.54) is 5.56 Å². The van der Waals surface area contributed by atoms with Crippen molar-refractivity contribution in [1.82, 2.24) is 0 Å². The molecule has 0 aliphatic rings. The third-order valence-corrected chi connectivity index (χ3v) is 3.65. The summed E-state index contributed by atoms with van der Waals surface area (Å²) in [4.78, 5) is 2.18. The van der Waals surface area contributed by atoms with Gasteiger partial charge in [0.25, 0.3) is 0 Å². The summed E-state index contributed by atoms with van der Waals surface area (Å²) in [6.45, 7) is 0.833. The molecule has 2 aromatic carbocycles. The second kappa shape index (κ2) is 7.70. The molecule has 1 atom stereocenters. The molecule has 3 nitrogen and oxygen atoms in total. The van der Waals surface area contributed by atoms with Crippen molar-refractivity contribution >= 4 is 5.69 Å². The van der Waals surface area contributed by atoms with Gasteiger partial charge in [-0.15, -0.1) is 0 Å². The predicted molar refractivity (Wildman–Crippen MR) is 89.0 cm³/mol. The van der Waals surface area contributed by atoms with E-state index in [1.54, 1.807) is 7.11 Å². The van der Waals surface area contributed by atoms with Gasteiger partial charge in [0.2, 0.25) is 0 Å². The summed E-state index contributed by atoms with van der Waals surface area (Å²) in [6, 6.07) is 18.7. The highest BCUT2D eigenvalue weighted by Gasteiger charge is 2.08. The number of hydrogen-bond acceptors (Lipinski definition) is 3. The lowest BCUT2D eigenvalue weighted by Crippen LogP contribution is -2.35. The average molecular weight is 284 g/mol. The Hall–Kier alpha value is -2.00. The lowest BCUT2D eigenvalue weighted by molar-refractivity contribution is 0.415. The number of anilines is 1. The van der Waals surface area contributed by atoms with Crippen LogP contribution < -0.4 is 15.4 Å². The molecular weight excluding hydrogens is 260 g/mol. The maximum atomic E-state index is 6.26. The third-order valence-electron chi connectivity index (χ3n) is 3.65. The maximum Gasteiger partial charge on any atom is 0.120 e. The van der Waals surface area contributed by atoms with Crippen LogP contribution in [-0.2, 0) is 6.42 Å². The lowest BCUT2D eigenvalue weighted by Gasteiger charge is -2.23. The van der Waals surface area contributed by atoms with E-state index in [1.807, 2.05) is 24.3 Å². The van der Waals surface area contributed by atoms with Crippen LogP contribution in [-0.4, -0.2) is 26.7 Å². The molecule has 0 saturated carbocycles. The van der Waals surface area contributed by atoms with Crippen molar-refractivity contribution in [3.63, 3.8) is 0 Å². The molecule has 0 aromatic heterocycles. The first-order chi connectivity index (χ1) is 10.2. The van der Waals surface area contributed by atoms with Crippen LogP contribution in [0.15, 0.2) is 54.6 Å². The number of nitrogens with zero attached hydrogens (tertiary/aromatic N) is 1. The highest BCUT2D eigenvalue weighted by Crippen LogP contribution is 2.20. The molecule has 0 fully saturated rings. The molecule has 0 spiro atoms. The Labute approximate surface area is 127 Å². The van der Waals surface area contributed by atoms with Gasteiger partial charge in [-0.25, -0.2) is 0 Å². The molecule has 0 aliphatic carbocycles. The second-order valence-corrected chi connectivity index (χ2v) is 5.37. The van der Waals surface area contributed by atoms with Crippen molar-refractivity contribution in [2.75, 3.05) is 25.6 Å². The number of benzene rings is 2. The second-order valence-electron chi connectivity index (χ2n) is 5.37. The van der Waals surface area contributed by atoms with Crippen LogP contribution in [0.25, 0.3) is 0 Å². The Morgan fingerprint density at radius 2 is 1.86 bits per heavy atom. The normalized spacial score (nSPS) is 12.0. The van der Waals surface area contributed by atoms with Gasteiger partial charge in [-0.05, 0) is 30.5 Å². The van der Waals surface area contributed by atoms with Crippen molar-refractivity contribution < 1.29 is 4.74 Å². The van der Waals surface area contributed by atoms with Gasteiger partial charge in [0.05, 0.1) is 7.11 Å². The molecule has 2 rings (SSSR count). The van der Waals surface area contributed by atoms with Crippen molar-refractivity contribution in [1.29, 1.82) is 0 Å². The topological polar surface area (TPSA) is 38.5 Å². The minimum absolute atomic E-state index is 0.154. The molecule has 0 amide bonds. The van der Waals surface area contributed by atoms with Crippen molar-refractivity contribution in [3.05, 3.63) is 60.2 Å². The van der Waals surface area contributed by atoms with Crippen LogP contribution in [0.4, 0.5) is 5.69 Å². The van der Waals surface area contributed by atoms with Crippen molar-refractivity contribution in [2.45, 2.75) is 18.9 Å². The highest BCUT2D eigenvalue weighted by atomic mass is 16.5. The molecule has 0 bridgehead atoms. The summed E-state index contributed by atoms with van der Waals surface area (Å²) in [6.07, 6.45) is 2.01. The zero-order chi connectivity index (χ0) is 15.1. The highest BCUT2D eigenvalue weighted by molar-refractivity contribution is 5.50. The fourth-order valence-corrected chi connectivity index (χ4v) is 2.39. The number of methoxy groups -OCH3 is 1. The van der Waals surface area contributed by atoms with E-state index in [-0.39, 0.29) is 6.04 Å². The van der Waals surface area contributed by atoms with Gasteiger partial charge in [-0.1, -0.05) is 36.4 Å². The van der Waals surface area contributed by atoms with Crippen LogP contribution in [0.1, 0.15) is 12.0 Å². The van der Waals surface area contributed by atoms with E-state index in [4.69, 9.17) is 10.5 Å². The van der Waals surface area contributed by atoms with Gasteiger partial charge < -0.3 is 15.4 Å². The number of aryl methyl sites for hydroxylation is 1. The Morgan fingerprint density at radius 1 is 1.10 bits per heavy atom. The summed E-state index contributed by atoms with van der Waals surface area (Å²) in [5, 5.41) is 0. The zero-order valence-electron chi connectivity index (χ0n) is 12.8. The van der Waals surface area contributed by atoms with Gasteiger partial charge in [0, 0.05) is 31.4 Å². The first-order valence-corrected chi connectivity index (χ1v) is 7.33. The molecule has 112 valence electrons. The minimum atomic E-state index is 0.154. The summed E-state index contributed by atoms with van der Waals surface area (Å²) in [5.41, 5.74) is 8.73. The lowest BCUT2D eigenvalue weighted by atomic mass is 10.1. The largest absolute Gasteiger partial charge is 0.497 e. The van der Waals surface area contributed by atoms with Gasteiger partial charge in [0.15, 0.2) is 0 Å². The monoisotopic (exact) mass is 284 g/mol.